The standard InChI is InChI=1S/C14H29NO/c1-3-14(4-2,12-16)11-15-10-13-8-6-5-7-9-13/h13,15-16H,3-12H2,1-2H3. The molecule has 2 heteroatoms. The van der Waals surface area contributed by atoms with Gasteiger partial charge >= 0.3 is 0 Å². The molecule has 0 unspecified atom stereocenters. The molecule has 0 bridgehead atoms. The molecule has 2 N–H and O–H groups in total. The number of rotatable bonds is 7. The molecule has 0 amide bonds. The molecule has 1 aliphatic carbocycles. The molecule has 0 spiro atoms. The van der Waals surface area contributed by atoms with E-state index in [0.717, 1.165) is 31.8 Å². The quantitative estimate of drug-likeness (QED) is 0.701. The van der Waals surface area contributed by atoms with Gasteiger partial charge in [-0.1, -0.05) is 33.1 Å². The molecule has 0 radical (unpaired) electrons. The van der Waals surface area contributed by atoms with Gasteiger partial charge in [0.2, 0.25) is 0 Å². The Morgan fingerprint density at radius 1 is 1.12 bits per heavy atom. The maximum atomic E-state index is 9.47. The lowest BCUT2D eigenvalue weighted by Crippen LogP contribution is -2.38. The van der Waals surface area contributed by atoms with Crippen LogP contribution in [0.1, 0.15) is 58.8 Å². The second-order valence-electron chi connectivity index (χ2n) is 5.50. The van der Waals surface area contributed by atoms with Gasteiger partial charge in [-0.3, -0.25) is 0 Å². The Kier molecular flexibility index (Phi) is 6.37. The summed E-state index contributed by atoms with van der Waals surface area (Å²) in [5.74, 6) is 0.888. The Hall–Kier alpha value is -0.0800. The predicted molar refractivity (Wildman–Crippen MR) is 69.5 cm³/mol. The third kappa shape index (κ3) is 4.06. The van der Waals surface area contributed by atoms with Gasteiger partial charge < -0.3 is 10.4 Å². The summed E-state index contributed by atoms with van der Waals surface area (Å²) in [6, 6.07) is 0. The van der Waals surface area contributed by atoms with Crippen LogP contribution in [0.25, 0.3) is 0 Å². The van der Waals surface area contributed by atoms with Gasteiger partial charge in [-0.05, 0) is 38.1 Å². The van der Waals surface area contributed by atoms with Gasteiger partial charge in [-0.25, -0.2) is 0 Å². The van der Waals surface area contributed by atoms with Crippen molar-refractivity contribution >= 4 is 0 Å². The van der Waals surface area contributed by atoms with Crippen molar-refractivity contribution in [3.63, 3.8) is 0 Å². The second kappa shape index (κ2) is 7.29. The molecule has 0 aromatic carbocycles. The van der Waals surface area contributed by atoms with Crippen LogP contribution in [0.15, 0.2) is 0 Å². The van der Waals surface area contributed by atoms with Crippen molar-refractivity contribution in [2.24, 2.45) is 11.3 Å². The van der Waals surface area contributed by atoms with Crippen LogP contribution in [0.3, 0.4) is 0 Å². The minimum Gasteiger partial charge on any atom is -0.396 e. The number of aliphatic hydroxyl groups excluding tert-OH is 1. The Bertz CT molecular complexity index is 163. The molecule has 16 heavy (non-hydrogen) atoms. The Morgan fingerprint density at radius 3 is 2.25 bits per heavy atom. The fourth-order valence-corrected chi connectivity index (χ4v) is 2.71. The van der Waals surface area contributed by atoms with E-state index in [1.165, 1.54) is 32.1 Å². The van der Waals surface area contributed by atoms with E-state index in [1.54, 1.807) is 0 Å². The molecule has 1 aliphatic rings. The van der Waals surface area contributed by atoms with E-state index in [9.17, 15) is 5.11 Å². The Balaban J connectivity index is 2.21. The van der Waals surface area contributed by atoms with Crippen molar-refractivity contribution < 1.29 is 5.11 Å². The first-order chi connectivity index (χ1) is 7.76. The van der Waals surface area contributed by atoms with Gasteiger partial charge in [0.15, 0.2) is 0 Å². The summed E-state index contributed by atoms with van der Waals surface area (Å²) < 4.78 is 0. The Morgan fingerprint density at radius 2 is 1.75 bits per heavy atom. The molecule has 1 fully saturated rings. The van der Waals surface area contributed by atoms with Crippen LogP contribution in [0.2, 0.25) is 0 Å². The number of aliphatic hydroxyl groups is 1. The lowest BCUT2D eigenvalue weighted by Gasteiger charge is -2.31. The largest absolute Gasteiger partial charge is 0.396 e. The highest BCUT2D eigenvalue weighted by atomic mass is 16.3. The van der Waals surface area contributed by atoms with Crippen molar-refractivity contribution in [3.05, 3.63) is 0 Å². The van der Waals surface area contributed by atoms with Crippen molar-refractivity contribution in [1.82, 2.24) is 5.32 Å². The summed E-state index contributed by atoms with van der Waals surface area (Å²) in [4.78, 5) is 0. The van der Waals surface area contributed by atoms with Gasteiger partial charge in [0.25, 0.3) is 0 Å². The molecule has 0 aliphatic heterocycles. The summed E-state index contributed by atoms with van der Waals surface area (Å²) in [5.41, 5.74) is 0.120. The van der Waals surface area contributed by atoms with Crippen LogP contribution in [-0.2, 0) is 0 Å². The summed E-state index contributed by atoms with van der Waals surface area (Å²) in [6.45, 7) is 6.82. The third-order valence-electron chi connectivity index (χ3n) is 4.49. The zero-order valence-electron chi connectivity index (χ0n) is 11.1. The molecule has 96 valence electrons. The van der Waals surface area contributed by atoms with Crippen LogP contribution in [0.5, 0.6) is 0 Å². The van der Waals surface area contributed by atoms with Crippen LogP contribution in [0, 0.1) is 11.3 Å². The lowest BCUT2D eigenvalue weighted by atomic mass is 9.82. The number of hydrogen-bond donors (Lipinski definition) is 2. The van der Waals surface area contributed by atoms with Gasteiger partial charge in [-0.2, -0.15) is 0 Å². The monoisotopic (exact) mass is 227 g/mol. The smallest absolute Gasteiger partial charge is 0.0499 e. The van der Waals surface area contributed by atoms with Crippen LogP contribution in [0.4, 0.5) is 0 Å². The minimum atomic E-state index is 0.120. The molecule has 0 atom stereocenters. The van der Waals surface area contributed by atoms with Crippen molar-refractivity contribution in [2.45, 2.75) is 58.8 Å². The normalized spacial score (nSPS) is 18.9. The van der Waals surface area contributed by atoms with Gasteiger partial charge in [0.05, 0.1) is 0 Å². The highest BCUT2D eigenvalue weighted by Crippen LogP contribution is 2.26. The summed E-state index contributed by atoms with van der Waals surface area (Å²) in [7, 11) is 0. The van der Waals surface area contributed by atoms with E-state index in [1.807, 2.05) is 0 Å². The third-order valence-corrected chi connectivity index (χ3v) is 4.49. The van der Waals surface area contributed by atoms with Gasteiger partial charge in [-0.15, -0.1) is 0 Å². The zero-order valence-corrected chi connectivity index (χ0v) is 11.1. The zero-order chi connectivity index (χ0) is 11.9. The maximum Gasteiger partial charge on any atom is 0.0499 e. The van der Waals surface area contributed by atoms with Gasteiger partial charge in [0.1, 0.15) is 0 Å². The highest BCUT2D eigenvalue weighted by Gasteiger charge is 2.25. The molecule has 2 nitrogen and oxygen atoms in total. The lowest BCUT2D eigenvalue weighted by molar-refractivity contribution is 0.111. The number of hydrogen-bond acceptors (Lipinski definition) is 2. The van der Waals surface area contributed by atoms with Crippen LogP contribution >= 0.6 is 0 Å². The predicted octanol–water partition coefficient (Wildman–Crippen LogP) is 2.96. The molecular formula is C14H29NO. The first-order valence-electron chi connectivity index (χ1n) is 7.08. The molecule has 0 aromatic rings. The molecule has 1 rings (SSSR count). The first kappa shape index (κ1) is 14.0. The van der Waals surface area contributed by atoms with Crippen LogP contribution < -0.4 is 5.32 Å². The van der Waals surface area contributed by atoms with Crippen molar-refractivity contribution in [2.75, 3.05) is 19.7 Å². The molecule has 0 heterocycles. The van der Waals surface area contributed by atoms with E-state index in [-0.39, 0.29) is 5.41 Å². The summed E-state index contributed by atoms with van der Waals surface area (Å²) >= 11 is 0. The average molecular weight is 227 g/mol. The molecular weight excluding hydrogens is 198 g/mol. The first-order valence-corrected chi connectivity index (χ1v) is 7.08. The maximum absolute atomic E-state index is 9.47. The average Bonchev–Trinajstić information content (AvgIpc) is 2.37. The number of nitrogens with one attached hydrogen (secondary N) is 1. The molecule has 0 aromatic heterocycles. The topological polar surface area (TPSA) is 32.3 Å². The van der Waals surface area contributed by atoms with Crippen molar-refractivity contribution in [3.8, 4) is 0 Å². The van der Waals surface area contributed by atoms with Crippen molar-refractivity contribution in [1.29, 1.82) is 0 Å². The SMILES string of the molecule is CCC(CC)(CO)CNCC1CCCCC1. The van der Waals surface area contributed by atoms with Gasteiger partial charge in [0, 0.05) is 18.6 Å². The van der Waals surface area contributed by atoms with E-state index in [0.29, 0.717) is 6.61 Å². The van der Waals surface area contributed by atoms with E-state index >= 15 is 0 Å². The Labute approximate surface area is 101 Å². The van der Waals surface area contributed by atoms with Crippen LogP contribution in [-0.4, -0.2) is 24.8 Å². The fraction of sp³-hybridized carbons (Fsp3) is 1.00. The second-order valence-corrected chi connectivity index (χ2v) is 5.50. The van der Waals surface area contributed by atoms with E-state index in [2.05, 4.69) is 19.2 Å². The summed E-state index contributed by atoms with van der Waals surface area (Å²) in [6.07, 6.45) is 9.20. The highest BCUT2D eigenvalue weighted by molar-refractivity contribution is 4.79. The minimum absolute atomic E-state index is 0.120. The molecule has 0 saturated heterocycles. The van der Waals surface area contributed by atoms with E-state index in [4.69, 9.17) is 0 Å². The summed E-state index contributed by atoms with van der Waals surface area (Å²) in [5, 5.41) is 13.1. The van der Waals surface area contributed by atoms with E-state index < -0.39 is 0 Å². The fourth-order valence-electron chi connectivity index (χ4n) is 2.71. The molecule has 1 saturated carbocycles.